The van der Waals surface area contributed by atoms with Crippen molar-refractivity contribution in [3.05, 3.63) is 94.2 Å². The Morgan fingerprint density at radius 2 is 1.64 bits per heavy atom. The smallest absolute Gasteiger partial charge is 0.127 e. The van der Waals surface area contributed by atoms with E-state index in [0.29, 0.717) is 0 Å². The molecule has 1 unspecified atom stereocenters. The Hall–Kier alpha value is -2.13. The summed E-state index contributed by atoms with van der Waals surface area (Å²) in [5, 5.41) is 0. The zero-order valence-electron chi connectivity index (χ0n) is 16.4. The van der Waals surface area contributed by atoms with Gasteiger partial charge in [-0.15, -0.1) is 0 Å². The summed E-state index contributed by atoms with van der Waals surface area (Å²) in [5.74, 6) is 1.51. The first-order valence-electron chi connectivity index (χ1n) is 9.77. The topological polar surface area (TPSA) is 9.23 Å². The minimum Gasteiger partial charge on any atom is -0.457 e. The van der Waals surface area contributed by atoms with Gasteiger partial charge in [0.1, 0.15) is 17.3 Å². The van der Waals surface area contributed by atoms with Crippen molar-refractivity contribution in [1.82, 2.24) is 0 Å². The maximum atomic E-state index is 13.3. The molecule has 0 aromatic heterocycles. The van der Waals surface area contributed by atoms with Crippen LogP contribution in [0.2, 0.25) is 0 Å². The van der Waals surface area contributed by atoms with Crippen molar-refractivity contribution in [1.29, 1.82) is 0 Å². The molecule has 0 heterocycles. The van der Waals surface area contributed by atoms with E-state index in [1.807, 2.05) is 48.5 Å². The summed E-state index contributed by atoms with van der Waals surface area (Å²) in [7, 11) is 0. The number of halogens is 2. The van der Waals surface area contributed by atoms with Gasteiger partial charge in [0, 0.05) is 4.47 Å². The quantitative estimate of drug-likeness (QED) is 0.343. The van der Waals surface area contributed by atoms with Crippen molar-refractivity contribution in [2.75, 3.05) is 0 Å². The van der Waals surface area contributed by atoms with Gasteiger partial charge < -0.3 is 4.74 Å². The highest BCUT2D eigenvalue weighted by Gasteiger charge is 2.24. The molecule has 0 saturated carbocycles. The molecule has 3 aromatic carbocycles. The van der Waals surface area contributed by atoms with Crippen molar-refractivity contribution >= 4 is 15.9 Å². The molecule has 0 amide bonds. The zero-order valence-corrected chi connectivity index (χ0v) is 18.0. The first-order chi connectivity index (χ1) is 13.5. The number of aryl methyl sites for hydroxylation is 1. The standard InChI is InChI=1S/C25H26BrFO/c1-3-25(2,20-9-13-22(27)14-10-20)17-5-7-19-6-4-8-24(18-19)28-23-15-11-21(26)12-16-23/h4,6,8-16,18H,3,5,7,17H2,1-2H3. The van der Waals surface area contributed by atoms with Crippen LogP contribution in [0, 0.1) is 5.82 Å². The maximum absolute atomic E-state index is 13.3. The Bertz CT molecular complexity index is 889. The lowest BCUT2D eigenvalue weighted by atomic mass is 9.76. The summed E-state index contributed by atoms with van der Waals surface area (Å²) >= 11 is 3.44. The largest absolute Gasteiger partial charge is 0.457 e. The van der Waals surface area contributed by atoms with Crippen LogP contribution in [0.15, 0.2) is 77.3 Å². The van der Waals surface area contributed by atoms with E-state index in [9.17, 15) is 4.39 Å². The molecule has 3 rings (SSSR count). The predicted octanol–water partition coefficient (Wildman–Crippen LogP) is 8.07. The fourth-order valence-electron chi connectivity index (χ4n) is 3.46. The second kappa shape index (κ2) is 9.38. The highest BCUT2D eigenvalue weighted by atomic mass is 79.9. The molecule has 0 bridgehead atoms. The van der Waals surface area contributed by atoms with Crippen molar-refractivity contribution < 1.29 is 9.13 Å². The Morgan fingerprint density at radius 1 is 0.929 bits per heavy atom. The molecular formula is C25H26BrFO. The molecule has 3 heteroatoms. The van der Waals surface area contributed by atoms with Crippen LogP contribution in [0.25, 0.3) is 0 Å². The van der Waals surface area contributed by atoms with Crippen molar-refractivity contribution in [3.63, 3.8) is 0 Å². The fraction of sp³-hybridized carbons (Fsp3) is 0.280. The minimum absolute atomic E-state index is 0.0687. The van der Waals surface area contributed by atoms with Crippen LogP contribution >= 0.6 is 15.9 Å². The Labute approximate surface area is 175 Å². The van der Waals surface area contributed by atoms with Crippen LogP contribution in [-0.2, 0) is 11.8 Å². The molecular weight excluding hydrogens is 415 g/mol. The van der Waals surface area contributed by atoms with Crippen LogP contribution in [-0.4, -0.2) is 0 Å². The zero-order chi connectivity index (χ0) is 20.0. The number of rotatable bonds is 8. The lowest BCUT2D eigenvalue weighted by molar-refractivity contribution is 0.404. The predicted molar refractivity (Wildman–Crippen MR) is 118 cm³/mol. The molecule has 0 N–H and O–H groups in total. The Morgan fingerprint density at radius 3 is 2.32 bits per heavy atom. The number of benzene rings is 3. The third-order valence-electron chi connectivity index (χ3n) is 5.46. The van der Waals surface area contributed by atoms with Crippen LogP contribution < -0.4 is 4.74 Å². The summed E-state index contributed by atoms with van der Waals surface area (Å²) in [4.78, 5) is 0. The summed E-state index contributed by atoms with van der Waals surface area (Å²) in [6.07, 6.45) is 4.16. The minimum atomic E-state index is -0.176. The molecule has 0 saturated heterocycles. The Kier molecular flexibility index (Phi) is 6.90. The van der Waals surface area contributed by atoms with E-state index in [4.69, 9.17) is 4.74 Å². The van der Waals surface area contributed by atoms with E-state index >= 15 is 0 Å². The Balaban J connectivity index is 1.61. The van der Waals surface area contributed by atoms with E-state index in [2.05, 4.69) is 41.9 Å². The van der Waals surface area contributed by atoms with E-state index < -0.39 is 0 Å². The van der Waals surface area contributed by atoms with Gasteiger partial charge in [-0.3, -0.25) is 0 Å². The van der Waals surface area contributed by atoms with Gasteiger partial charge in [-0.25, -0.2) is 4.39 Å². The number of hydrogen-bond donors (Lipinski definition) is 0. The third kappa shape index (κ3) is 5.45. The van der Waals surface area contributed by atoms with Crippen molar-refractivity contribution in [2.45, 2.75) is 44.9 Å². The first-order valence-corrected chi connectivity index (χ1v) is 10.6. The van der Waals surface area contributed by atoms with Gasteiger partial charge in [0.05, 0.1) is 0 Å². The lowest BCUT2D eigenvalue weighted by Gasteiger charge is -2.29. The molecule has 146 valence electrons. The van der Waals surface area contributed by atoms with Gasteiger partial charge in [-0.1, -0.05) is 54.0 Å². The van der Waals surface area contributed by atoms with Crippen LogP contribution in [0.5, 0.6) is 11.5 Å². The molecule has 1 atom stereocenters. The molecule has 3 aromatic rings. The second-order valence-corrected chi connectivity index (χ2v) is 8.39. The molecule has 0 spiro atoms. The third-order valence-corrected chi connectivity index (χ3v) is 5.99. The van der Waals surface area contributed by atoms with Gasteiger partial charge in [-0.05, 0) is 90.8 Å². The molecule has 0 fully saturated rings. The summed E-state index contributed by atoms with van der Waals surface area (Å²) in [5.41, 5.74) is 2.55. The fourth-order valence-corrected chi connectivity index (χ4v) is 3.73. The summed E-state index contributed by atoms with van der Waals surface area (Å²) < 4.78 is 20.3. The second-order valence-electron chi connectivity index (χ2n) is 7.48. The van der Waals surface area contributed by atoms with Gasteiger partial charge >= 0.3 is 0 Å². The first kappa shape index (κ1) is 20.6. The normalized spacial score (nSPS) is 13.1. The molecule has 0 aliphatic rings. The van der Waals surface area contributed by atoms with Gasteiger partial charge in [0.25, 0.3) is 0 Å². The molecule has 0 radical (unpaired) electrons. The SMILES string of the molecule is CCC(C)(CCCc1cccc(Oc2ccc(Br)cc2)c1)c1ccc(F)cc1. The molecule has 0 aliphatic carbocycles. The van der Waals surface area contributed by atoms with Crippen LogP contribution in [0.3, 0.4) is 0 Å². The van der Waals surface area contributed by atoms with Crippen LogP contribution in [0.4, 0.5) is 4.39 Å². The summed E-state index contributed by atoms with van der Waals surface area (Å²) in [6, 6.07) is 23.1. The van der Waals surface area contributed by atoms with Gasteiger partial charge in [0.2, 0.25) is 0 Å². The monoisotopic (exact) mass is 440 g/mol. The molecule has 0 aliphatic heterocycles. The van der Waals surface area contributed by atoms with E-state index in [-0.39, 0.29) is 11.2 Å². The average molecular weight is 441 g/mol. The van der Waals surface area contributed by atoms with Crippen LogP contribution in [0.1, 0.15) is 44.2 Å². The summed E-state index contributed by atoms with van der Waals surface area (Å²) in [6.45, 7) is 4.48. The molecule has 1 nitrogen and oxygen atoms in total. The van der Waals surface area contributed by atoms with E-state index in [0.717, 1.165) is 41.7 Å². The lowest BCUT2D eigenvalue weighted by Crippen LogP contribution is -2.21. The number of ether oxygens (including phenoxy) is 1. The van der Waals surface area contributed by atoms with Gasteiger partial charge in [-0.2, -0.15) is 0 Å². The maximum Gasteiger partial charge on any atom is 0.127 e. The highest BCUT2D eigenvalue weighted by molar-refractivity contribution is 9.10. The van der Waals surface area contributed by atoms with Crippen molar-refractivity contribution in [2.24, 2.45) is 0 Å². The van der Waals surface area contributed by atoms with E-state index in [1.54, 1.807) is 12.1 Å². The van der Waals surface area contributed by atoms with E-state index in [1.165, 1.54) is 11.1 Å². The average Bonchev–Trinajstić information content (AvgIpc) is 2.70. The molecule has 28 heavy (non-hydrogen) atoms. The number of hydrogen-bond acceptors (Lipinski definition) is 1. The van der Waals surface area contributed by atoms with Gasteiger partial charge in [0.15, 0.2) is 0 Å². The highest BCUT2D eigenvalue weighted by Crippen LogP contribution is 2.33. The van der Waals surface area contributed by atoms with Crippen molar-refractivity contribution in [3.8, 4) is 11.5 Å².